The molecule has 0 bridgehead atoms. The number of hydrogen-bond acceptors (Lipinski definition) is 4. The van der Waals surface area contributed by atoms with Crippen molar-refractivity contribution in [3.8, 4) is 0 Å². The predicted molar refractivity (Wildman–Crippen MR) is 73.7 cm³/mol. The van der Waals surface area contributed by atoms with E-state index in [4.69, 9.17) is 4.74 Å². The maximum Gasteiger partial charge on any atom is 0.323 e. The van der Waals surface area contributed by atoms with Gasteiger partial charge >= 0.3 is 5.97 Å². The molecule has 1 heterocycles. The van der Waals surface area contributed by atoms with E-state index in [-0.39, 0.29) is 23.8 Å². The minimum absolute atomic E-state index is 0.0760. The monoisotopic (exact) mass is 270 g/mol. The van der Waals surface area contributed by atoms with E-state index in [1.165, 1.54) is 0 Å². The van der Waals surface area contributed by atoms with Gasteiger partial charge in [-0.2, -0.15) is 0 Å². The lowest BCUT2D eigenvalue weighted by atomic mass is 9.95. The summed E-state index contributed by atoms with van der Waals surface area (Å²) in [5.41, 5.74) is -0.453. The van der Waals surface area contributed by atoms with E-state index in [0.717, 1.165) is 25.9 Å². The van der Waals surface area contributed by atoms with Gasteiger partial charge in [0.1, 0.15) is 11.6 Å². The van der Waals surface area contributed by atoms with E-state index >= 15 is 0 Å². The fourth-order valence-corrected chi connectivity index (χ4v) is 2.29. The van der Waals surface area contributed by atoms with Crippen LogP contribution >= 0.6 is 0 Å². The maximum absolute atomic E-state index is 12.0. The molecule has 0 aromatic heterocycles. The topological polar surface area (TPSA) is 58.6 Å². The minimum Gasteiger partial charge on any atom is -0.459 e. The first kappa shape index (κ1) is 16.0. The fraction of sp³-hybridized carbons (Fsp3) is 0.857. The maximum atomic E-state index is 12.0. The summed E-state index contributed by atoms with van der Waals surface area (Å²) in [6, 6.07) is -0.245. The van der Waals surface area contributed by atoms with Crippen LogP contribution in [0, 0.1) is 5.92 Å². The third kappa shape index (κ3) is 4.82. The number of rotatable bonds is 3. The summed E-state index contributed by atoms with van der Waals surface area (Å²) < 4.78 is 5.39. The van der Waals surface area contributed by atoms with Crippen molar-refractivity contribution in [3.05, 3.63) is 0 Å². The molecule has 0 radical (unpaired) electrons. The zero-order valence-corrected chi connectivity index (χ0v) is 12.7. The second-order valence-electron chi connectivity index (χ2n) is 6.13. The highest BCUT2D eigenvalue weighted by Gasteiger charge is 2.31. The summed E-state index contributed by atoms with van der Waals surface area (Å²) in [4.78, 5) is 25.6. The van der Waals surface area contributed by atoms with Gasteiger partial charge in [0.05, 0.1) is 0 Å². The highest BCUT2D eigenvalue weighted by molar-refractivity contribution is 5.78. The van der Waals surface area contributed by atoms with Crippen molar-refractivity contribution in [1.82, 2.24) is 10.2 Å². The average molecular weight is 270 g/mol. The Morgan fingerprint density at radius 2 is 1.79 bits per heavy atom. The highest BCUT2D eigenvalue weighted by atomic mass is 16.6. The highest BCUT2D eigenvalue weighted by Crippen LogP contribution is 2.20. The zero-order chi connectivity index (χ0) is 14.6. The molecular weight excluding hydrogens is 244 g/mol. The van der Waals surface area contributed by atoms with Gasteiger partial charge in [-0.15, -0.1) is 0 Å². The number of hydrogen-bond donors (Lipinski definition) is 1. The molecular formula is C14H26N2O3. The van der Waals surface area contributed by atoms with Gasteiger partial charge in [-0.1, -0.05) is 0 Å². The molecule has 5 heteroatoms. The van der Waals surface area contributed by atoms with Crippen LogP contribution in [0.3, 0.4) is 0 Å². The van der Waals surface area contributed by atoms with Gasteiger partial charge in [-0.25, -0.2) is 0 Å². The number of esters is 1. The van der Waals surface area contributed by atoms with Crippen LogP contribution in [-0.4, -0.2) is 48.6 Å². The van der Waals surface area contributed by atoms with Crippen molar-refractivity contribution in [2.75, 3.05) is 20.1 Å². The van der Waals surface area contributed by atoms with Crippen LogP contribution in [-0.2, 0) is 14.3 Å². The summed E-state index contributed by atoms with van der Waals surface area (Å²) in [7, 11) is 1.66. The minimum atomic E-state index is -0.453. The SMILES string of the molecule is CNC(=O)C1CCN(C(C)C(=O)OC(C)(C)C)CC1. The Kier molecular flexibility index (Phi) is 5.35. The molecule has 1 aliphatic heterocycles. The van der Waals surface area contributed by atoms with E-state index < -0.39 is 5.60 Å². The molecule has 1 fully saturated rings. The normalized spacial score (nSPS) is 19.8. The molecule has 1 rings (SSSR count). The van der Waals surface area contributed by atoms with Crippen molar-refractivity contribution >= 4 is 11.9 Å². The van der Waals surface area contributed by atoms with Gasteiger partial charge in [0, 0.05) is 13.0 Å². The standard InChI is InChI=1S/C14H26N2O3/c1-10(13(18)19-14(2,3)4)16-8-6-11(7-9-16)12(17)15-5/h10-11H,6-9H2,1-5H3,(H,15,17). The van der Waals surface area contributed by atoms with E-state index in [9.17, 15) is 9.59 Å². The van der Waals surface area contributed by atoms with Crippen LogP contribution in [0.5, 0.6) is 0 Å². The Hall–Kier alpha value is -1.10. The lowest BCUT2D eigenvalue weighted by molar-refractivity contribution is -0.161. The van der Waals surface area contributed by atoms with E-state index in [0.29, 0.717) is 0 Å². The second kappa shape index (κ2) is 6.37. The van der Waals surface area contributed by atoms with Crippen LogP contribution in [0.4, 0.5) is 0 Å². The molecule has 1 atom stereocenters. The van der Waals surface area contributed by atoms with E-state index in [1.54, 1.807) is 7.05 Å². The molecule has 0 spiro atoms. The summed E-state index contributed by atoms with van der Waals surface area (Å²) in [6.45, 7) is 9.01. The van der Waals surface area contributed by atoms with Crippen molar-refractivity contribution in [2.24, 2.45) is 5.92 Å². The molecule has 5 nitrogen and oxygen atoms in total. The molecule has 0 aromatic rings. The molecule has 1 unspecified atom stereocenters. The number of nitrogens with one attached hydrogen (secondary N) is 1. The molecule has 19 heavy (non-hydrogen) atoms. The summed E-state index contributed by atoms with van der Waals surface area (Å²) >= 11 is 0. The first-order chi connectivity index (χ1) is 8.74. The third-order valence-electron chi connectivity index (χ3n) is 3.44. The molecule has 1 N–H and O–H groups in total. The van der Waals surface area contributed by atoms with Crippen LogP contribution < -0.4 is 5.32 Å². The van der Waals surface area contributed by atoms with E-state index in [1.807, 2.05) is 27.7 Å². The van der Waals surface area contributed by atoms with Gasteiger partial charge in [-0.3, -0.25) is 14.5 Å². The summed E-state index contributed by atoms with van der Waals surface area (Å²) in [6.07, 6.45) is 1.60. The average Bonchev–Trinajstić information content (AvgIpc) is 2.35. The number of carbonyl (C=O) groups excluding carboxylic acids is 2. The van der Waals surface area contributed by atoms with Gasteiger partial charge in [0.15, 0.2) is 0 Å². The van der Waals surface area contributed by atoms with Gasteiger partial charge in [0.25, 0.3) is 0 Å². The molecule has 1 saturated heterocycles. The van der Waals surface area contributed by atoms with Crippen molar-refractivity contribution in [2.45, 2.75) is 52.2 Å². The number of ether oxygens (including phenoxy) is 1. The summed E-state index contributed by atoms with van der Waals surface area (Å²) in [5.74, 6) is -0.0115. The quantitative estimate of drug-likeness (QED) is 0.782. The number of likely N-dealkylation sites (tertiary alicyclic amines) is 1. The Balaban J connectivity index is 2.46. The number of nitrogens with zero attached hydrogens (tertiary/aromatic N) is 1. The molecule has 110 valence electrons. The fourth-order valence-electron chi connectivity index (χ4n) is 2.29. The zero-order valence-electron chi connectivity index (χ0n) is 12.7. The lowest BCUT2D eigenvalue weighted by Crippen LogP contribution is -2.47. The lowest BCUT2D eigenvalue weighted by Gasteiger charge is -2.35. The first-order valence-corrected chi connectivity index (χ1v) is 6.93. The molecule has 1 amide bonds. The van der Waals surface area contributed by atoms with Crippen LogP contribution in [0.2, 0.25) is 0 Å². The smallest absolute Gasteiger partial charge is 0.323 e. The Morgan fingerprint density at radius 1 is 1.26 bits per heavy atom. The van der Waals surface area contributed by atoms with Crippen molar-refractivity contribution in [3.63, 3.8) is 0 Å². The Morgan fingerprint density at radius 3 is 2.21 bits per heavy atom. The van der Waals surface area contributed by atoms with Crippen LogP contribution in [0.1, 0.15) is 40.5 Å². The largest absolute Gasteiger partial charge is 0.459 e. The van der Waals surface area contributed by atoms with Gasteiger partial charge in [-0.05, 0) is 53.6 Å². The number of piperidine rings is 1. The van der Waals surface area contributed by atoms with Crippen molar-refractivity contribution in [1.29, 1.82) is 0 Å². The van der Waals surface area contributed by atoms with Gasteiger partial charge in [0.2, 0.25) is 5.91 Å². The first-order valence-electron chi connectivity index (χ1n) is 6.93. The number of amides is 1. The van der Waals surface area contributed by atoms with Crippen molar-refractivity contribution < 1.29 is 14.3 Å². The van der Waals surface area contributed by atoms with Crippen LogP contribution in [0.25, 0.3) is 0 Å². The summed E-state index contributed by atoms with van der Waals surface area (Å²) in [5, 5.41) is 2.68. The third-order valence-corrected chi connectivity index (χ3v) is 3.44. The molecule has 0 saturated carbocycles. The van der Waals surface area contributed by atoms with E-state index in [2.05, 4.69) is 10.2 Å². The number of carbonyl (C=O) groups is 2. The van der Waals surface area contributed by atoms with Crippen LogP contribution in [0.15, 0.2) is 0 Å². The molecule has 1 aliphatic rings. The molecule has 0 aromatic carbocycles. The molecule has 0 aliphatic carbocycles. The second-order valence-corrected chi connectivity index (χ2v) is 6.13. The Labute approximate surface area is 115 Å². The van der Waals surface area contributed by atoms with Gasteiger partial charge < -0.3 is 10.1 Å². The predicted octanol–water partition coefficient (Wildman–Crippen LogP) is 1.17. The Bertz CT molecular complexity index is 328.